The van der Waals surface area contributed by atoms with Crippen molar-refractivity contribution in [1.29, 1.82) is 0 Å². The van der Waals surface area contributed by atoms with Crippen LogP contribution in [0.4, 0.5) is 0 Å². The van der Waals surface area contributed by atoms with E-state index in [1.807, 2.05) is 23.7 Å². The molecule has 0 saturated carbocycles. The van der Waals surface area contributed by atoms with Gasteiger partial charge in [-0.05, 0) is 67.8 Å². The van der Waals surface area contributed by atoms with Gasteiger partial charge in [-0.25, -0.2) is 9.78 Å². The molecule has 2 aliphatic rings. The number of fused-ring (bicyclic) bond motifs is 1. The van der Waals surface area contributed by atoms with Crippen LogP contribution in [0, 0.1) is 0 Å². The number of aromatic nitrogens is 3. The summed E-state index contributed by atoms with van der Waals surface area (Å²) in [5.41, 5.74) is 2.58. The second-order valence-corrected chi connectivity index (χ2v) is 10.8. The quantitative estimate of drug-likeness (QED) is 0.263. The molecule has 4 heterocycles. The van der Waals surface area contributed by atoms with Crippen LogP contribution in [0.25, 0.3) is 11.0 Å². The number of piperidine rings is 1. The van der Waals surface area contributed by atoms with Crippen molar-refractivity contribution < 1.29 is 24.1 Å². The third-order valence-electron chi connectivity index (χ3n) is 7.10. The van der Waals surface area contributed by atoms with Gasteiger partial charge in [0.15, 0.2) is 0 Å². The molecule has 0 unspecified atom stereocenters. The number of rotatable bonds is 8. The lowest BCUT2D eigenvalue weighted by molar-refractivity contribution is 0.0367. The van der Waals surface area contributed by atoms with Gasteiger partial charge in [-0.2, -0.15) is 0 Å². The summed E-state index contributed by atoms with van der Waals surface area (Å²) in [5.74, 6) is 1.21. The molecule has 2 aromatic heterocycles. The Hall–Kier alpha value is -3.37. The van der Waals surface area contributed by atoms with Crippen molar-refractivity contribution in [3.8, 4) is 11.5 Å². The maximum atomic E-state index is 11.3. The van der Waals surface area contributed by atoms with Gasteiger partial charge in [0.05, 0.1) is 28.2 Å². The van der Waals surface area contributed by atoms with E-state index in [-0.39, 0.29) is 18.3 Å². The second-order valence-electron chi connectivity index (χ2n) is 9.97. The minimum absolute atomic E-state index is 0.0666. The maximum Gasteiger partial charge on any atom is 0.335 e. The van der Waals surface area contributed by atoms with Gasteiger partial charge in [-0.15, -0.1) is 0 Å². The Labute approximate surface area is 248 Å². The summed E-state index contributed by atoms with van der Waals surface area (Å²) >= 11 is 12.2. The van der Waals surface area contributed by atoms with E-state index >= 15 is 0 Å². The topological polar surface area (TPSA) is 98.9 Å². The zero-order valence-corrected chi connectivity index (χ0v) is 24.3. The lowest BCUT2D eigenvalue weighted by atomic mass is 10.1. The molecule has 41 heavy (non-hydrogen) atoms. The number of aromatic carboxylic acids is 1. The summed E-state index contributed by atoms with van der Waals surface area (Å²) < 4.78 is 18.9. The number of imidazole rings is 1. The number of pyridine rings is 1. The molecule has 216 valence electrons. The first-order valence-electron chi connectivity index (χ1n) is 13.5. The number of carboxylic acids is 1. The average molecular weight is 600 g/mol. The van der Waals surface area contributed by atoms with Crippen LogP contribution in [0.1, 0.15) is 41.1 Å². The molecule has 2 fully saturated rings. The molecule has 2 aliphatic heterocycles. The van der Waals surface area contributed by atoms with Crippen molar-refractivity contribution in [2.75, 3.05) is 26.3 Å². The molecule has 1 N–H and O–H groups in total. The molecule has 2 saturated heterocycles. The summed E-state index contributed by atoms with van der Waals surface area (Å²) in [6.07, 6.45) is 4.79. The largest absolute Gasteiger partial charge is 0.488 e. The van der Waals surface area contributed by atoms with E-state index in [1.165, 1.54) is 6.42 Å². The molecule has 2 aromatic carbocycles. The zero-order chi connectivity index (χ0) is 28.8. The Kier molecular flexibility index (Phi) is 9.61. The molecule has 0 atom stereocenters. The van der Waals surface area contributed by atoms with E-state index in [0.29, 0.717) is 33.8 Å². The predicted molar refractivity (Wildman–Crippen MR) is 157 cm³/mol. The van der Waals surface area contributed by atoms with E-state index in [9.17, 15) is 9.90 Å². The molecule has 0 bridgehead atoms. The van der Waals surface area contributed by atoms with Crippen molar-refractivity contribution in [1.82, 2.24) is 19.4 Å². The van der Waals surface area contributed by atoms with Crippen LogP contribution in [-0.2, 0) is 24.9 Å². The van der Waals surface area contributed by atoms with Gasteiger partial charge in [-0.1, -0.05) is 23.2 Å². The van der Waals surface area contributed by atoms with E-state index in [0.717, 1.165) is 56.0 Å². The number of carbonyl (C=O) groups is 1. The van der Waals surface area contributed by atoms with Crippen LogP contribution in [0.2, 0.25) is 10.0 Å². The smallest absolute Gasteiger partial charge is 0.335 e. The monoisotopic (exact) mass is 598 g/mol. The van der Waals surface area contributed by atoms with E-state index < -0.39 is 5.97 Å². The fraction of sp³-hybridized carbons (Fsp3) is 0.367. The number of ether oxygens (including phenoxy) is 3. The third kappa shape index (κ3) is 7.48. The Morgan fingerprint density at radius 2 is 1.85 bits per heavy atom. The number of carboxylic acid groups (broad SMARTS) is 1. The zero-order valence-electron chi connectivity index (χ0n) is 22.8. The van der Waals surface area contributed by atoms with Crippen LogP contribution < -0.4 is 9.47 Å². The van der Waals surface area contributed by atoms with Crippen molar-refractivity contribution in [2.24, 2.45) is 7.05 Å². The number of benzene rings is 2. The van der Waals surface area contributed by atoms with Gasteiger partial charge in [0.2, 0.25) is 0 Å². The summed E-state index contributed by atoms with van der Waals surface area (Å²) in [6.45, 7) is 4.64. The minimum Gasteiger partial charge on any atom is -0.488 e. The second kappa shape index (κ2) is 13.5. The van der Waals surface area contributed by atoms with Crippen molar-refractivity contribution in [3.05, 3.63) is 81.9 Å². The van der Waals surface area contributed by atoms with Crippen LogP contribution in [0.15, 0.2) is 54.7 Å². The molecular weight excluding hydrogens is 567 g/mol. The van der Waals surface area contributed by atoms with Gasteiger partial charge in [-0.3, -0.25) is 9.88 Å². The van der Waals surface area contributed by atoms with Gasteiger partial charge in [0, 0.05) is 44.6 Å². The number of halogens is 2. The molecule has 9 nitrogen and oxygen atoms in total. The van der Waals surface area contributed by atoms with E-state index in [4.69, 9.17) is 42.4 Å². The van der Waals surface area contributed by atoms with Crippen molar-refractivity contribution >= 4 is 40.2 Å². The fourth-order valence-electron chi connectivity index (χ4n) is 4.60. The molecule has 4 aromatic rings. The molecule has 0 radical (unpaired) electrons. The number of likely N-dealkylation sites (tertiary alicyclic amines) is 1. The Bertz CT molecular complexity index is 1500. The SMILES string of the molecule is C1COC1.Cn1c(CN2CCC(Oc3cccnc3COc3ccc(Cl)cc3Cl)CC2)nc2ccc(C(=O)O)cc21. The number of aryl methyl sites for hydroxylation is 1. The third-order valence-corrected chi connectivity index (χ3v) is 7.63. The standard InChI is InChI=1S/C27H26Cl2N4O4.C3H6O/c1-32-23-13-17(27(34)35)4-6-21(23)31-26(32)15-33-11-8-19(9-12-33)37-25-3-2-10-30-22(25)16-36-24-7-5-18(28)14-20(24)29;1-2-4-3-1/h2-7,10,13-14,19H,8-9,11-12,15-16H2,1H3,(H,34,35);1-3H2. The van der Waals surface area contributed by atoms with Crippen molar-refractivity contribution in [3.63, 3.8) is 0 Å². The lowest BCUT2D eigenvalue weighted by Crippen LogP contribution is -2.38. The van der Waals surface area contributed by atoms with Crippen LogP contribution >= 0.6 is 23.2 Å². The molecule has 0 amide bonds. The predicted octanol–water partition coefficient (Wildman–Crippen LogP) is 6.00. The van der Waals surface area contributed by atoms with E-state index in [2.05, 4.69) is 9.88 Å². The fourth-order valence-corrected chi connectivity index (χ4v) is 5.06. The normalized spacial score (nSPS) is 15.6. The van der Waals surface area contributed by atoms with E-state index in [1.54, 1.807) is 42.6 Å². The highest BCUT2D eigenvalue weighted by atomic mass is 35.5. The van der Waals surface area contributed by atoms with Gasteiger partial charge in [0.1, 0.15) is 35.7 Å². The Balaban J connectivity index is 0.000000777. The summed E-state index contributed by atoms with van der Waals surface area (Å²) in [6, 6.07) is 13.9. The lowest BCUT2D eigenvalue weighted by Gasteiger charge is -2.32. The molecule has 0 aliphatic carbocycles. The van der Waals surface area contributed by atoms with Gasteiger partial charge in [0.25, 0.3) is 0 Å². The number of hydrogen-bond donors (Lipinski definition) is 1. The van der Waals surface area contributed by atoms with Gasteiger partial charge < -0.3 is 23.9 Å². The first kappa shape index (κ1) is 29.1. The van der Waals surface area contributed by atoms with Crippen LogP contribution in [0.5, 0.6) is 11.5 Å². The van der Waals surface area contributed by atoms with Gasteiger partial charge >= 0.3 is 5.97 Å². The molecule has 0 spiro atoms. The average Bonchev–Trinajstić information content (AvgIpc) is 3.23. The van der Waals surface area contributed by atoms with Crippen molar-refractivity contribution in [2.45, 2.75) is 38.5 Å². The maximum absolute atomic E-state index is 11.3. The Morgan fingerprint density at radius 1 is 1.10 bits per heavy atom. The molecular formula is C30H32Cl2N4O5. The number of nitrogens with zero attached hydrogens (tertiary/aromatic N) is 4. The minimum atomic E-state index is -0.941. The highest BCUT2D eigenvalue weighted by molar-refractivity contribution is 6.35. The first-order valence-corrected chi connectivity index (χ1v) is 14.3. The first-order chi connectivity index (χ1) is 19.9. The Morgan fingerprint density at radius 3 is 2.54 bits per heavy atom. The summed E-state index contributed by atoms with van der Waals surface area (Å²) in [5, 5.41) is 10.3. The summed E-state index contributed by atoms with van der Waals surface area (Å²) in [4.78, 5) is 22.8. The van der Waals surface area contributed by atoms with Crippen LogP contribution in [0.3, 0.4) is 0 Å². The molecule has 11 heteroatoms. The highest BCUT2D eigenvalue weighted by Crippen LogP contribution is 2.30. The van der Waals surface area contributed by atoms with Crippen LogP contribution in [-0.4, -0.2) is 62.9 Å². The molecule has 6 rings (SSSR count). The highest BCUT2D eigenvalue weighted by Gasteiger charge is 2.23. The number of hydrogen-bond acceptors (Lipinski definition) is 7. The summed E-state index contributed by atoms with van der Waals surface area (Å²) in [7, 11) is 1.93.